The molecule has 1 aromatic carbocycles. The fraction of sp³-hybridized carbons (Fsp3) is 0.579. The highest BCUT2D eigenvalue weighted by Crippen LogP contribution is 2.39. The quantitative estimate of drug-likeness (QED) is 0.722. The number of hydrogen-bond acceptors (Lipinski definition) is 3. The van der Waals surface area contributed by atoms with Gasteiger partial charge in [0, 0.05) is 24.1 Å². The van der Waals surface area contributed by atoms with Crippen LogP contribution < -0.4 is 16.4 Å². The van der Waals surface area contributed by atoms with Crippen molar-refractivity contribution in [3.8, 4) is 0 Å². The summed E-state index contributed by atoms with van der Waals surface area (Å²) in [6.45, 7) is 8.55. The zero-order chi connectivity index (χ0) is 18.0. The molecule has 1 aromatic rings. The van der Waals surface area contributed by atoms with E-state index in [-0.39, 0.29) is 29.8 Å². The predicted molar refractivity (Wildman–Crippen MR) is 103 cm³/mol. The Morgan fingerprint density at radius 3 is 2.12 bits per heavy atom. The monoisotopic (exact) mass is 367 g/mol. The summed E-state index contributed by atoms with van der Waals surface area (Å²) in [4.78, 5) is 24.3. The molecular weight excluding hydrogens is 338 g/mol. The molecule has 140 valence electrons. The van der Waals surface area contributed by atoms with Crippen LogP contribution in [-0.2, 0) is 11.3 Å². The minimum absolute atomic E-state index is 0. The van der Waals surface area contributed by atoms with Gasteiger partial charge in [-0.05, 0) is 43.4 Å². The second kappa shape index (κ2) is 8.19. The first kappa shape index (κ1) is 21.5. The van der Waals surface area contributed by atoms with Crippen molar-refractivity contribution in [2.45, 2.75) is 52.6 Å². The van der Waals surface area contributed by atoms with E-state index >= 15 is 0 Å². The summed E-state index contributed by atoms with van der Waals surface area (Å²) < 4.78 is 0. The predicted octanol–water partition coefficient (Wildman–Crippen LogP) is 2.63. The Morgan fingerprint density at radius 1 is 1.12 bits per heavy atom. The Labute approximate surface area is 156 Å². The Morgan fingerprint density at radius 2 is 1.68 bits per heavy atom. The molecule has 6 heteroatoms. The summed E-state index contributed by atoms with van der Waals surface area (Å²) in [6, 6.07) is 7.32. The van der Waals surface area contributed by atoms with Crippen molar-refractivity contribution in [3.05, 3.63) is 35.4 Å². The van der Waals surface area contributed by atoms with E-state index in [1.54, 1.807) is 12.1 Å². The highest BCUT2D eigenvalue weighted by atomic mass is 35.5. The maximum Gasteiger partial charge on any atom is 0.251 e. The molecule has 1 unspecified atom stereocenters. The van der Waals surface area contributed by atoms with E-state index in [0.29, 0.717) is 24.6 Å². The van der Waals surface area contributed by atoms with Crippen LogP contribution in [-0.4, -0.2) is 23.9 Å². The molecule has 0 radical (unpaired) electrons. The number of amides is 2. The number of carbonyl (C=O) groups is 2. The van der Waals surface area contributed by atoms with Crippen LogP contribution in [0.2, 0.25) is 0 Å². The third-order valence-electron chi connectivity index (χ3n) is 4.65. The van der Waals surface area contributed by atoms with Gasteiger partial charge < -0.3 is 16.4 Å². The summed E-state index contributed by atoms with van der Waals surface area (Å²) in [7, 11) is 0. The molecule has 0 aromatic heterocycles. The molecule has 1 fully saturated rings. The van der Waals surface area contributed by atoms with Crippen LogP contribution in [0.1, 0.15) is 56.5 Å². The standard InChI is InChI=1S/C19H29N3O2.ClH/c1-18(2,3)17(24)21-11-13-5-7-14(8-6-13)16(23)22-19(4,12-20)15-9-10-15;/h5-8,15H,9-12,20H2,1-4H3,(H,21,24)(H,22,23);1H. The molecule has 5 nitrogen and oxygen atoms in total. The van der Waals surface area contributed by atoms with Crippen molar-refractivity contribution in [2.24, 2.45) is 17.1 Å². The summed E-state index contributed by atoms with van der Waals surface area (Å²) in [5, 5.41) is 5.98. The number of nitrogens with one attached hydrogen (secondary N) is 2. The van der Waals surface area contributed by atoms with E-state index < -0.39 is 5.41 Å². The van der Waals surface area contributed by atoms with E-state index in [1.807, 2.05) is 39.8 Å². The first-order valence-corrected chi connectivity index (χ1v) is 8.55. The number of nitrogens with two attached hydrogens (primary N) is 1. The van der Waals surface area contributed by atoms with Gasteiger partial charge in [-0.2, -0.15) is 0 Å². The fourth-order valence-electron chi connectivity index (χ4n) is 2.59. The number of carbonyl (C=O) groups excluding carboxylic acids is 2. The van der Waals surface area contributed by atoms with Gasteiger partial charge in [0.05, 0.1) is 5.54 Å². The second-order valence-electron chi connectivity index (χ2n) is 7.98. The lowest BCUT2D eigenvalue weighted by atomic mass is 9.95. The first-order chi connectivity index (χ1) is 11.2. The molecule has 25 heavy (non-hydrogen) atoms. The Kier molecular flexibility index (Phi) is 7.03. The summed E-state index contributed by atoms with van der Waals surface area (Å²) >= 11 is 0. The lowest BCUT2D eigenvalue weighted by Crippen LogP contribution is -2.53. The van der Waals surface area contributed by atoms with Gasteiger partial charge in [0.15, 0.2) is 0 Å². The molecule has 0 aliphatic heterocycles. The Bertz CT molecular complexity index is 606. The van der Waals surface area contributed by atoms with Crippen molar-refractivity contribution in [2.75, 3.05) is 6.54 Å². The van der Waals surface area contributed by atoms with Crippen molar-refractivity contribution in [3.63, 3.8) is 0 Å². The van der Waals surface area contributed by atoms with Crippen LogP contribution in [0.3, 0.4) is 0 Å². The molecule has 0 saturated heterocycles. The summed E-state index contributed by atoms with van der Waals surface area (Å²) in [5.41, 5.74) is 6.69. The number of hydrogen-bond donors (Lipinski definition) is 3. The SMILES string of the molecule is CC(C)(C)C(=O)NCc1ccc(C(=O)NC(C)(CN)C2CC2)cc1.Cl. The van der Waals surface area contributed by atoms with Gasteiger partial charge in [-0.15, -0.1) is 12.4 Å². The lowest BCUT2D eigenvalue weighted by Gasteiger charge is -2.29. The van der Waals surface area contributed by atoms with Crippen LogP contribution in [0, 0.1) is 11.3 Å². The van der Waals surface area contributed by atoms with Crippen LogP contribution in [0.4, 0.5) is 0 Å². The van der Waals surface area contributed by atoms with Crippen molar-refractivity contribution in [1.82, 2.24) is 10.6 Å². The summed E-state index contributed by atoms with van der Waals surface area (Å²) in [5.74, 6) is 0.394. The van der Waals surface area contributed by atoms with E-state index in [2.05, 4.69) is 10.6 Å². The highest BCUT2D eigenvalue weighted by molar-refractivity contribution is 5.94. The average molecular weight is 368 g/mol. The third-order valence-corrected chi connectivity index (χ3v) is 4.65. The largest absolute Gasteiger partial charge is 0.352 e. The van der Waals surface area contributed by atoms with E-state index in [1.165, 1.54) is 0 Å². The molecule has 2 amide bonds. The van der Waals surface area contributed by atoms with E-state index in [9.17, 15) is 9.59 Å². The van der Waals surface area contributed by atoms with Crippen molar-refractivity contribution < 1.29 is 9.59 Å². The van der Waals surface area contributed by atoms with Gasteiger partial charge in [-0.25, -0.2) is 0 Å². The van der Waals surface area contributed by atoms with Crippen molar-refractivity contribution >= 4 is 24.2 Å². The topological polar surface area (TPSA) is 84.2 Å². The first-order valence-electron chi connectivity index (χ1n) is 8.55. The highest BCUT2D eigenvalue weighted by Gasteiger charge is 2.41. The lowest BCUT2D eigenvalue weighted by molar-refractivity contribution is -0.128. The molecule has 0 bridgehead atoms. The molecule has 0 spiro atoms. The molecule has 1 atom stereocenters. The zero-order valence-corrected chi connectivity index (χ0v) is 16.3. The van der Waals surface area contributed by atoms with Crippen LogP contribution in [0.5, 0.6) is 0 Å². The van der Waals surface area contributed by atoms with Gasteiger partial charge >= 0.3 is 0 Å². The van der Waals surface area contributed by atoms with Gasteiger partial charge in [-0.3, -0.25) is 9.59 Å². The number of halogens is 1. The van der Waals surface area contributed by atoms with E-state index in [4.69, 9.17) is 5.73 Å². The maximum absolute atomic E-state index is 12.4. The fourth-order valence-corrected chi connectivity index (χ4v) is 2.59. The van der Waals surface area contributed by atoms with Gasteiger partial charge in [0.2, 0.25) is 5.91 Å². The molecule has 1 aliphatic carbocycles. The van der Waals surface area contributed by atoms with Gasteiger partial charge in [0.25, 0.3) is 5.91 Å². The molecule has 2 rings (SSSR count). The van der Waals surface area contributed by atoms with Crippen LogP contribution >= 0.6 is 12.4 Å². The van der Waals surface area contributed by atoms with Gasteiger partial charge in [0.1, 0.15) is 0 Å². The minimum Gasteiger partial charge on any atom is -0.352 e. The number of rotatable bonds is 6. The summed E-state index contributed by atoms with van der Waals surface area (Å²) in [6.07, 6.45) is 2.25. The number of benzene rings is 1. The average Bonchev–Trinajstić information content (AvgIpc) is 3.37. The molecular formula is C19H30ClN3O2. The maximum atomic E-state index is 12.4. The zero-order valence-electron chi connectivity index (χ0n) is 15.5. The van der Waals surface area contributed by atoms with Crippen molar-refractivity contribution in [1.29, 1.82) is 0 Å². The van der Waals surface area contributed by atoms with Gasteiger partial charge in [-0.1, -0.05) is 32.9 Å². The van der Waals surface area contributed by atoms with Crippen LogP contribution in [0.15, 0.2) is 24.3 Å². The second-order valence-corrected chi connectivity index (χ2v) is 7.98. The molecule has 0 heterocycles. The normalized spacial score (nSPS) is 16.4. The molecule has 1 saturated carbocycles. The smallest absolute Gasteiger partial charge is 0.251 e. The van der Waals surface area contributed by atoms with E-state index in [0.717, 1.165) is 18.4 Å². The third kappa shape index (κ3) is 5.72. The molecule has 4 N–H and O–H groups in total. The Hall–Kier alpha value is -1.59. The minimum atomic E-state index is -0.407. The molecule has 1 aliphatic rings. The Balaban J connectivity index is 0.00000312. The van der Waals surface area contributed by atoms with Crippen LogP contribution in [0.25, 0.3) is 0 Å².